The topological polar surface area (TPSA) is 74.8 Å². The summed E-state index contributed by atoms with van der Waals surface area (Å²) in [6.45, 7) is 1.67. The van der Waals surface area contributed by atoms with Crippen LogP contribution in [-0.2, 0) is 10.0 Å². The first-order chi connectivity index (χ1) is 5.06. The Labute approximate surface area is 64.9 Å². The van der Waals surface area contributed by atoms with Crippen molar-refractivity contribution in [1.29, 1.82) is 0 Å². The highest BCUT2D eigenvalue weighted by atomic mass is 32.2. The van der Waals surface area contributed by atoms with E-state index >= 15 is 0 Å². The van der Waals surface area contributed by atoms with Crippen LogP contribution in [0.4, 0.5) is 0 Å². The first-order valence-electron chi connectivity index (χ1n) is 2.87. The summed E-state index contributed by atoms with van der Waals surface area (Å²) in [6.07, 6.45) is 1.31. The lowest BCUT2D eigenvalue weighted by Crippen LogP contribution is -2.16. The Kier molecular flexibility index (Phi) is 1.97. The largest absolute Gasteiger partial charge is 0.348 e. The van der Waals surface area contributed by atoms with Crippen LogP contribution in [0.5, 0.6) is 0 Å². The molecule has 0 atom stereocenters. The van der Waals surface area contributed by atoms with Gasteiger partial charge in [0.05, 0.1) is 0 Å². The van der Waals surface area contributed by atoms with Gasteiger partial charge in [-0.1, -0.05) is 0 Å². The van der Waals surface area contributed by atoms with Crippen LogP contribution in [0, 0.1) is 14.0 Å². The minimum Gasteiger partial charge on any atom is -0.348 e. The maximum absolute atomic E-state index is 11.0. The molecule has 0 unspecified atom stereocenters. The van der Waals surface area contributed by atoms with Crippen LogP contribution in [0.3, 0.4) is 0 Å². The summed E-state index contributed by atoms with van der Waals surface area (Å²) >= 11 is 0. The van der Waals surface area contributed by atoms with Gasteiger partial charge in [0.2, 0.25) is 0 Å². The fraction of sp³-hybridized carbons (Fsp3) is 0.200. The van der Waals surface area contributed by atoms with Crippen molar-refractivity contribution in [2.24, 2.45) is 0 Å². The van der Waals surface area contributed by atoms with E-state index in [1.54, 1.807) is 6.92 Å². The Balaban J connectivity index is 3.13. The van der Waals surface area contributed by atoms with E-state index in [1.165, 1.54) is 6.20 Å². The van der Waals surface area contributed by atoms with E-state index < -0.39 is 10.0 Å². The van der Waals surface area contributed by atoms with Crippen LogP contribution in [-0.4, -0.2) is 18.4 Å². The van der Waals surface area contributed by atoms with Gasteiger partial charge in [-0.3, -0.25) is 0 Å². The summed E-state index contributed by atoms with van der Waals surface area (Å²) in [5.74, 6) is 0.554. The monoisotopic (exact) mass is 174 g/mol. The van der Waals surface area contributed by atoms with Crippen molar-refractivity contribution in [3.8, 4) is 0 Å². The molecule has 61 valence electrons. The Morgan fingerprint density at radius 2 is 2.36 bits per heavy atom. The van der Waals surface area contributed by atoms with Gasteiger partial charge in [0.15, 0.2) is 5.03 Å². The van der Waals surface area contributed by atoms with E-state index in [1.807, 2.05) is 4.72 Å². The molecule has 1 aromatic rings. The van der Waals surface area contributed by atoms with Crippen LogP contribution in [0.15, 0.2) is 11.2 Å². The predicted octanol–water partition coefficient (Wildman–Crippen LogP) is -0.212. The van der Waals surface area contributed by atoms with Crippen molar-refractivity contribution in [2.75, 3.05) is 0 Å². The molecule has 11 heavy (non-hydrogen) atoms. The number of aryl methyl sites for hydroxylation is 1. The van der Waals surface area contributed by atoms with Gasteiger partial charge in [-0.05, 0) is 6.92 Å². The van der Waals surface area contributed by atoms with Crippen molar-refractivity contribution in [3.63, 3.8) is 0 Å². The third kappa shape index (κ3) is 1.58. The molecule has 0 aliphatic rings. The quantitative estimate of drug-likeness (QED) is 0.651. The van der Waals surface area contributed by atoms with Gasteiger partial charge in [-0.2, -0.15) is 0 Å². The number of imidazole rings is 1. The lowest BCUT2D eigenvalue weighted by molar-refractivity contribution is 0.587. The number of sulfonamides is 1. The Hall–Kier alpha value is -0.880. The minimum absolute atomic E-state index is 0.0370. The first-order valence-corrected chi connectivity index (χ1v) is 4.35. The molecule has 0 aliphatic carbocycles. The molecule has 0 amide bonds. The van der Waals surface area contributed by atoms with Crippen molar-refractivity contribution in [3.05, 3.63) is 19.1 Å². The maximum Gasteiger partial charge on any atom is 0.259 e. The van der Waals surface area contributed by atoms with Gasteiger partial charge in [0.25, 0.3) is 10.0 Å². The van der Waals surface area contributed by atoms with Crippen molar-refractivity contribution in [2.45, 2.75) is 11.9 Å². The van der Waals surface area contributed by atoms with Crippen LogP contribution >= 0.6 is 0 Å². The zero-order valence-corrected chi connectivity index (χ0v) is 6.77. The van der Waals surface area contributed by atoms with E-state index in [-0.39, 0.29) is 5.03 Å². The summed E-state index contributed by atoms with van der Waals surface area (Å²) < 4.78 is 23.8. The summed E-state index contributed by atoms with van der Waals surface area (Å²) in [5, 5.41) is -0.0370. The molecule has 0 aromatic carbocycles. The zero-order valence-electron chi connectivity index (χ0n) is 5.96. The number of aromatic nitrogens is 2. The van der Waals surface area contributed by atoms with Crippen molar-refractivity contribution >= 4 is 10.0 Å². The van der Waals surface area contributed by atoms with E-state index in [9.17, 15) is 8.42 Å². The summed E-state index contributed by atoms with van der Waals surface area (Å²) in [6, 6.07) is 0. The molecule has 1 aromatic heterocycles. The molecule has 0 spiro atoms. The Morgan fingerprint density at radius 1 is 1.73 bits per heavy atom. The molecule has 0 saturated heterocycles. The van der Waals surface area contributed by atoms with Crippen LogP contribution in [0.25, 0.3) is 0 Å². The molecular weight excluding hydrogens is 166 g/mol. The average molecular weight is 174 g/mol. The molecule has 0 bridgehead atoms. The van der Waals surface area contributed by atoms with E-state index in [0.29, 0.717) is 5.82 Å². The summed E-state index contributed by atoms with van der Waals surface area (Å²) in [5.41, 5.74) is 0. The smallest absolute Gasteiger partial charge is 0.259 e. The van der Waals surface area contributed by atoms with Gasteiger partial charge < -0.3 is 4.98 Å². The maximum atomic E-state index is 11.0. The minimum atomic E-state index is -3.48. The highest BCUT2D eigenvalue weighted by molar-refractivity contribution is 7.89. The third-order valence-corrected chi connectivity index (χ3v) is 2.29. The summed E-state index contributed by atoms with van der Waals surface area (Å²) in [7, 11) is -0.430. The van der Waals surface area contributed by atoms with Gasteiger partial charge in [0, 0.05) is 13.2 Å². The number of hydrogen-bond donors (Lipinski definition) is 2. The lowest BCUT2D eigenvalue weighted by atomic mass is 10.8. The number of rotatable bonds is 2. The zero-order chi connectivity index (χ0) is 8.48. The Bertz CT molecular complexity index is 340. The van der Waals surface area contributed by atoms with Crippen molar-refractivity contribution in [1.82, 2.24) is 14.7 Å². The second-order valence-electron chi connectivity index (χ2n) is 1.97. The predicted molar refractivity (Wildman–Crippen MR) is 39.0 cm³/mol. The van der Waals surface area contributed by atoms with Crippen LogP contribution < -0.4 is 4.72 Å². The van der Waals surface area contributed by atoms with Crippen molar-refractivity contribution < 1.29 is 8.42 Å². The highest BCUT2D eigenvalue weighted by Gasteiger charge is 2.13. The fourth-order valence-corrected chi connectivity index (χ4v) is 1.23. The number of H-pyrrole nitrogens is 1. The molecule has 0 aliphatic heterocycles. The number of nitrogens with zero attached hydrogens (tertiary/aromatic N) is 1. The van der Waals surface area contributed by atoms with E-state index in [2.05, 4.69) is 17.0 Å². The van der Waals surface area contributed by atoms with E-state index in [0.717, 1.165) is 0 Å². The molecule has 1 heterocycles. The number of nitrogens with one attached hydrogen (secondary N) is 2. The molecule has 6 heteroatoms. The molecule has 2 N–H and O–H groups in total. The highest BCUT2D eigenvalue weighted by Crippen LogP contribution is 2.03. The van der Waals surface area contributed by atoms with Crippen LogP contribution in [0.1, 0.15) is 5.82 Å². The number of aromatic amines is 1. The van der Waals surface area contributed by atoms with E-state index in [4.69, 9.17) is 0 Å². The normalized spacial score (nSPS) is 11.8. The van der Waals surface area contributed by atoms with Gasteiger partial charge in [0.1, 0.15) is 5.82 Å². The second-order valence-corrected chi connectivity index (χ2v) is 3.69. The van der Waals surface area contributed by atoms with Gasteiger partial charge in [-0.15, -0.1) is 0 Å². The standard InChI is InChI=1S/C5H8N3O2S/c1-4-7-3-5(8-4)11(9,10)6-2/h3,6H,2H2,1H3,(H,7,8). The average Bonchev–Trinajstić information content (AvgIpc) is 2.36. The molecular formula is C5H8N3O2S. The SMILES string of the molecule is [CH2]NS(=O)(=O)c1c[nH]c(C)n1. The number of hydrogen-bond acceptors (Lipinski definition) is 3. The second kappa shape index (κ2) is 2.63. The van der Waals surface area contributed by atoms with Gasteiger partial charge in [-0.25, -0.2) is 18.1 Å². The Morgan fingerprint density at radius 3 is 2.73 bits per heavy atom. The molecule has 0 fully saturated rings. The molecule has 1 radical (unpaired) electrons. The third-order valence-electron chi connectivity index (χ3n) is 1.15. The molecule has 5 nitrogen and oxygen atoms in total. The fourth-order valence-electron chi connectivity index (χ4n) is 0.608. The van der Waals surface area contributed by atoms with Crippen LogP contribution in [0.2, 0.25) is 0 Å². The first kappa shape index (κ1) is 8.22. The van der Waals surface area contributed by atoms with Gasteiger partial charge >= 0.3 is 0 Å². The summed E-state index contributed by atoms with van der Waals surface area (Å²) in [4.78, 5) is 6.36. The lowest BCUT2D eigenvalue weighted by Gasteiger charge is -1.93. The molecule has 1 rings (SSSR count). The molecule has 0 saturated carbocycles.